The molecule has 2 aliphatic heterocycles. The molecule has 1 aromatic carbocycles. The van der Waals surface area contributed by atoms with E-state index >= 15 is 0 Å². The highest BCUT2D eigenvalue weighted by Crippen LogP contribution is 2.28. The Kier molecular flexibility index (Phi) is 12.6. The first kappa shape index (κ1) is 33.6. The Morgan fingerprint density at radius 3 is 2.42 bits per heavy atom. The average Bonchev–Trinajstić information content (AvgIpc) is 3.31. The third-order valence-electron chi connectivity index (χ3n) is 6.64. The van der Waals surface area contributed by atoms with Gasteiger partial charge in [0, 0.05) is 50.3 Å². The van der Waals surface area contributed by atoms with Crippen LogP contribution in [0.1, 0.15) is 37.3 Å². The van der Waals surface area contributed by atoms with E-state index in [9.17, 15) is 44.4 Å². The zero-order valence-corrected chi connectivity index (χ0v) is 23.5. The van der Waals surface area contributed by atoms with Crippen molar-refractivity contribution in [1.29, 1.82) is 0 Å². The van der Waals surface area contributed by atoms with Crippen molar-refractivity contribution in [2.75, 3.05) is 26.3 Å². The number of benzene rings is 1. The fraction of sp³-hybridized carbons (Fsp3) is 0.536. The van der Waals surface area contributed by atoms with Crippen molar-refractivity contribution in [1.82, 2.24) is 10.2 Å². The normalized spacial score (nSPS) is 23.3. The summed E-state index contributed by atoms with van der Waals surface area (Å²) in [4.78, 5) is 59.1. The number of hydrogen-bond donors (Lipinski definition) is 5. The van der Waals surface area contributed by atoms with Crippen LogP contribution in [0.3, 0.4) is 0 Å². The predicted octanol–water partition coefficient (Wildman–Crippen LogP) is -1.21. The number of aliphatic hydroxyl groups excluding tert-OH is 3. The van der Waals surface area contributed by atoms with Crippen LogP contribution in [-0.4, -0.2) is 112 Å². The lowest BCUT2D eigenvalue weighted by Crippen LogP contribution is -2.61. The molecule has 0 saturated carbocycles. The number of aryl methyl sites for hydroxylation is 1. The number of aliphatic hydroxyl groups is 3. The average molecular weight is 609 g/mol. The number of ether oxygens (including phenoxy) is 4. The van der Waals surface area contributed by atoms with Gasteiger partial charge in [0.1, 0.15) is 30.7 Å². The molecule has 3 rings (SSSR count). The Morgan fingerprint density at radius 2 is 1.74 bits per heavy atom. The fourth-order valence-electron chi connectivity index (χ4n) is 4.25. The van der Waals surface area contributed by atoms with Gasteiger partial charge in [-0.1, -0.05) is 13.0 Å². The summed E-state index contributed by atoms with van der Waals surface area (Å²) in [5.41, 5.74) is 1.23. The number of nitrogens with one attached hydrogen (secondary N) is 1. The molecular formula is C28H36N2O13. The van der Waals surface area contributed by atoms with Crippen LogP contribution in [0.15, 0.2) is 30.4 Å². The molecule has 0 spiro atoms. The molecule has 1 aromatic rings. The van der Waals surface area contributed by atoms with Gasteiger partial charge in [0.2, 0.25) is 12.2 Å². The SMILES string of the molecule is CCC(=O)OCc1cc(CCCOCCNC(=O)CCN2C(=O)C=CC2=O)ccc1O[C@@H]1O[C@H](C(=O)O)[C@@H](O)[C@H](O)[C@H]1O. The molecule has 5 atom stereocenters. The number of imide groups is 1. The van der Waals surface area contributed by atoms with Crippen molar-refractivity contribution in [2.24, 2.45) is 0 Å². The van der Waals surface area contributed by atoms with Crippen molar-refractivity contribution in [3.05, 3.63) is 41.5 Å². The smallest absolute Gasteiger partial charge is 0.335 e. The van der Waals surface area contributed by atoms with E-state index < -0.39 is 54.5 Å². The number of aliphatic carboxylic acids is 1. The maximum absolute atomic E-state index is 11.9. The molecule has 15 nitrogen and oxygen atoms in total. The minimum Gasteiger partial charge on any atom is -0.479 e. The van der Waals surface area contributed by atoms with E-state index in [-0.39, 0.29) is 50.8 Å². The summed E-state index contributed by atoms with van der Waals surface area (Å²) in [6, 6.07) is 4.95. The van der Waals surface area contributed by atoms with E-state index in [0.29, 0.717) is 25.0 Å². The number of esters is 1. The van der Waals surface area contributed by atoms with Crippen LogP contribution in [0.2, 0.25) is 0 Å². The second-order valence-corrected chi connectivity index (χ2v) is 9.79. The Morgan fingerprint density at radius 1 is 1.02 bits per heavy atom. The minimum atomic E-state index is -1.87. The lowest BCUT2D eigenvalue weighted by molar-refractivity contribution is -0.271. The van der Waals surface area contributed by atoms with Gasteiger partial charge in [-0.2, -0.15) is 0 Å². The van der Waals surface area contributed by atoms with Crippen molar-refractivity contribution >= 4 is 29.7 Å². The standard InChI is InChI=1S/C28H36N2O13/c1-2-22(34)41-15-17-14-16(5-6-18(17)42-28-25(37)23(35)24(36)26(43-28)27(38)39)4-3-12-40-13-10-29-19(31)9-11-30-20(32)7-8-21(30)33/h5-8,14,23-26,28,35-37H,2-4,9-13,15H2,1H3,(H,29,31)(H,38,39)/t23-,24-,25+,26-,28+/m0/s1. The van der Waals surface area contributed by atoms with Gasteiger partial charge in [-0.15, -0.1) is 0 Å². The van der Waals surface area contributed by atoms with Crippen molar-refractivity contribution in [2.45, 2.75) is 69.9 Å². The molecule has 0 bridgehead atoms. The van der Waals surface area contributed by atoms with Crippen LogP contribution >= 0.6 is 0 Å². The van der Waals surface area contributed by atoms with E-state index in [1.807, 2.05) is 0 Å². The Labute approximate surface area is 247 Å². The number of amides is 3. The van der Waals surface area contributed by atoms with E-state index in [1.165, 1.54) is 6.07 Å². The van der Waals surface area contributed by atoms with E-state index in [1.54, 1.807) is 19.1 Å². The summed E-state index contributed by atoms with van der Waals surface area (Å²) in [5.74, 6) is -3.09. The number of nitrogens with zero attached hydrogens (tertiary/aromatic N) is 1. The van der Waals surface area contributed by atoms with Gasteiger partial charge in [-0.3, -0.25) is 24.1 Å². The maximum Gasteiger partial charge on any atom is 0.335 e. The third-order valence-corrected chi connectivity index (χ3v) is 6.64. The Hall–Kier alpha value is -3.89. The zero-order chi connectivity index (χ0) is 31.5. The van der Waals surface area contributed by atoms with Crippen LogP contribution in [-0.2, 0) is 51.2 Å². The maximum atomic E-state index is 11.9. The van der Waals surface area contributed by atoms with Crippen LogP contribution < -0.4 is 10.1 Å². The Balaban J connectivity index is 1.47. The van der Waals surface area contributed by atoms with Gasteiger partial charge in [0.25, 0.3) is 11.8 Å². The Bertz CT molecular complexity index is 1190. The monoisotopic (exact) mass is 608 g/mol. The molecule has 3 amide bonds. The second-order valence-electron chi connectivity index (χ2n) is 9.79. The quantitative estimate of drug-likeness (QED) is 0.0846. The van der Waals surface area contributed by atoms with Crippen LogP contribution in [0.5, 0.6) is 5.75 Å². The molecule has 236 valence electrons. The molecule has 0 aliphatic carbocycles. The van der Waals surface area contributed by atoms with Gasteiger partial charge in [0.15, 0.2) is 6.10 Å². The molecule has 0 aromatic heterocycles. The van der Waals surface area contributed by atoms with Crippen LogP contribution in [0.25, 0.3) is 0 Å². The summed E-state index contributed by atoms with van der Waals surface area (Å²) >= 11 is 0. The molecular weight excluding hydrogens is 572 g/mol. The van der Waals surface area contributed by atoms with E-state index in [2.05, 4.69) is 5.32 Å². The van der Waals surface area contributed by atoms with Crippen molar-refractivity contribution in [3.8, 4) is 5.75 Å². The first-order chi connectivity index (χ1) is 20.5. The summed E-state index contributed by atoms with van der Waals surface area (Å²) in [7, 11) is 0. The molecule has 1 fully saturated rings. The summed E-state index contributed by atoms with van der Waals surface area (Å²) < 4.78 is 21.6. The molecule has 2 aliphatic rings. The topological polar surface area (TPSA) is 218 Å². The van der Waals surface area contributed by atoms with Crippen molar-refractivity contribution < 1.29 is 63.3 Å². The van der Waals surface area contributed by atoms with Gasteiger partial charge in [0.05, 0.1) is 6.61 Å². The second kappa shape index (κ2) is 16.1. The van der Waals surface area contributed by atoms with Gasteiger partial charge < -0.3 is 44.7 Å². The molecule has 15 heteroatoms. The molecule has 43 heavy (non-hydrogen) atoms. The highest BCUT2D eigenvalue weighted by Gasteiger charge is 2.48. The van der Waals surface area contributed by atoms with Gasteiger partial charge >= 0.3 is 11.9 Å². The molecule has 1 saturated heterocycles. The largest absolute Gasteiger partial charge is 0.479 e. The highest BCUT2D eigenvalue weighted by molar-refractivity contribution is 6.13. The fourth-order valence-corrected chi connectivity index (χ4v) is 4.25. The van der Waals surface area contributed by atoms with E-state index in [4.69, 9.17) is 18.9 Å². The lowest BCUT2D eigenvalue weighted by atomic mass is 9.99. The third kappa shape index (κ3) is 9.56. The molecule has 0 radical (unpaired) electrons. The van der Waals surface area contributed by atoms with Crippen LogP contribution in [0.4, 0.5) is 0 Å². The molecule has 2 heterocycles. The number of carboxylic acid groups (broad SMARTS) is 1. The highest BCUT2D eigenvalue weighted by atomic mass is 16.7. The summed E-state index contributed by atoms with van der Waals surface area (Å²) in [5, 5.41) is 42.2. The lowest BCUT2D eigenvalue weighted by Gasteiger charge is -2.38. The van der Waals surface area contributed by atoms with Crippen LogP contribution in [0, 0.1) is 0 Å². The number of hydrogen-bond acceptors (Lipinski definition) is 12. The number of carbonyl (C=O) groups is 5. The zero-order valence-electron chi connectivity index (χ0n) is 23.5. The molecule has 0 unspecified atom stereocenters. The summed E-state index contributed by atoms with van der Waals surface area (Å²) in [6.07, 6.45) is -5.31. The number of rotatable bonds is 16. The first-order valence-electron chi connectivity index (χ1n) is 13.8. The van der Waals surface area contributed by atoms with Gasteiger partial charge in [-0.25, -0.2) is 4.79 Å². The van der Waals surface area contributed by atoms with E-state index in [0.717, 1.165) is 22.6 Å². The number of carbonyl (C=O) groups excluding carboxylic acids is 4. The summed E-state index contributed by atoms with van der Waals surface area (Å²) in [6.45, 7) is 2.32. The first-order valence-corrected chi connectivity index (χ1v) is 13.8. The molecule has 5 N–H and O–H groups in total. The van der Waals surface area contributed by atoms with Crippen molar-refractivity contribution in [3.63, 3.8) is 0 Å². The minimum absolute atomic E-state index is 0.00299. The predicted molar refractivity (Wildman–Crippen MR) is 144 cm³/mol. The van der Waals surface area contributed by atoms with Gasteiger partial charge in [-0.05, 0) is 30.5 Å². The number of carboxylic acids is 1.